The lowest BCUT2D eigenvalue weighted by atomic mass is 9.52. The van der Waals surface area contributed by atoms with Crippen LogP contribution in [0.4, 0.5) is 0 Å². The first-order valence-electron chi connectivity index (χ1n) is 11.1. The monoisotopic (exact) mass is 364 g/mol. The van der Waals surface area contributed by atoms with Gasteiger partial charge in [-0.15, -0.1) is 0 Å². The highest BCUT2D eigenvalue weighted by atomic mass is 14.7. The van der Waals surface area contributed by atoms with E-state index < -0.39 is 0 Å². The van der Waals surface area contributed by atoms with Crippen molar-refractivity contribution in [2.75, 3.05) is 6.54 Å². The van der Waals surface area contributed by atoms with E-state index in [1.165, 1.54) is 79.0 Å². The minimum absolute atomic E-state index is 0.218. The Bertz CT molecular complexity index is 806. The fraction of sp³-hybridized carbons (Fsp3) is 0.640. The molecule has 0 saturated heterocycles. The largest absolute Gasteiger partial charge is 0.330 e. The fourth-order valence-electron chi connectivity index (χ4n) is 5.93. The van der Waals surface area contributed by atoms with Crippen molar-refractivity contribution < 1.29 is 0 Å². The normalized spacial score (nSPS) is 30.6. The smallest absolute Gasteiger partial charge is 0.0540 e. The summed E-state index contributed by atoms with van der Waals surface area (Å²) >= 11 is 0. The van der Waals surface area contributed by atoms with E-state index in [4.69, 9.17) is 10.7 Å². The van der Waals surface area contributed by atoms with Crippen molar-refractivity contribution in [1.29, 1.82) is 0 Å². The second kappa shape index (κ2) is 7.20. The van der Waals surface area contributed by atoms with Crippen molar-refractivity contribution in [3.8, 4) is 0 Å². The Balaban J connectivity index is 1.66. The summed E-state index contributed by atoms with van der Waals surface area (Å²) in [7, 11) is 0. The molecule has 4 rings (SSSR count). The maximum atomic E-state index is 5.88. The highest BCUT2D eigenvalue weighted by molar-refractivity contribution is 5.87. The molecule has 1 heterocycles. The van der Waals surface area contributed by atoms with E-state index in [1.54, 1.807) is 0 Å². The number of benzene rings is 1. The van der Waals surface area contributed by atoms with Gasteiger partial charge in [0.2, 0.25) is 0 Å². The summed E-state index contributed by atoms with van der Waals surface area (Å²) in [6, 6.07) is 7.11. The maximum Gasteiger partial charge on any atom is 0.0540 e. The number of nitrogens with two attached hydrogens (primary N) is 1. The van der Waals surface area contributed by atoms with E-state index in [-0.39, 0.29) is 5.41 Å². The van der Waals surface area contributed by atoms with Crippen LogP contribution in [0, 0.1) is 11.3 Å². The van der Waals surface area contributed by atoms with Crippen LogP contribution < -0.4 is 5.73 Å². The Labute approximate surface area is 165 Å². The van der Waals surface area contributed by atoms with Gasteiger partial charge in [-0.1, -0.05) is 33.3 Å². The second-order valence-electron chi connectivity index (χ2n) is 9.68. The molecule has 2 fully saturated rings. The van der Waals surface area contributed by atoms with Gasteiger partial charge < -0.3 is 5.73 Å². The number of aryl methyl sites for hydroxylation is 2. The van der Waals surface area contributed by atoms with E-state index in [0.717, 1.165) is 18.9 Å². The number of fused-ring (bicyclic) bond motifs is 1. The Kier molecular flexibility index (Phi) is 5.05. The highest BCUT2D eigenvalue weighted by Crippen LogP contribution is 2.58. The van der Waals surface area contributed by atoms with Crippen molar-refractivity contribution >= 4 is 10.8 Å². The van der Waals surface area contributed by atoms with Crippen LogP contribution in [0.2, 0.25) is 0 Å². The summed E-state index contributed by atoms with van der Waals surface area (Å²) in [5.74, 6) is 0.786. The first-order valence-corrected chi connectivity index (χ1v) is 11.1. The second-order valence-corrected chi connectivity index (χ2v) is 9.68. The SMILES string of the molecule is CCCc1cc2c(C3(C)CCC4(CC3)CC(CN)C4)nccc2cc1CC. The van der Waals surface area contributed by atoms with Crippen molar-refractivity contribution in [2.45, 2.75) is 84.0 Å². The number of hydrogen-bond acceptors (Lipinski definition) is 2. The number of rotatable bonds is 5. The quantitative estimate of drug-likeness (QED) is 0.713. The third-order valence-electron chi connectivity index (χ3n) is 7.75. The Morgan fingerprint density at radius 1 is 1.07 bits per heavy atom. The molecule has 2 aromatic rings. The van der Waals surface area contributed by atoms with Crippen LogP contribution in [0.15, 0.2) is 24.4 Å². The maximum absolute atomic E-state index is 5.88. The van der Waals surface area contributed by atoms with Gasteiger partial charge in [-0.2, -0.15) is 0 Å². The van der Waals surface area contributed by atoms with Gasteiger partial charge in [0, 0.05) is 17.0 Å². The van der Waals surface area contributed by atoms with Crippen LogP contribution >= 0.6 is 0 Å². The topological polar surface area (TPSA) is 38.9 Å². The van der Waals surface area contributed by atoms with Crippen molar-refractivity contribution in [3.05, 3.63) is 41.2 Å². The highest BCUT2D eigenvalue weighted by Gasteiger charge is 2.48. The summed E-state index contributed by atoms with van der Waals surface area (Å²) in [5.41, 5.74) is 11.1. The number of aromatic nitrogens is 1. The molecule has 2 aliphatic rings. The van der Waals surface area contributed by atoms with Gasteiger partial charge >= 0.3 is 0 Å². The molecule has 1 aromatic carbocycles. The molecular weight excluding hydrogens is 328 g/mol. The van der Waals surface area contributed by atoms with Gasteiger partial charge in [0.1, 0.15) is 0 Å². The average molecular weight is 365 g/mol. The number of hydrogen-bond donors (Lipinski definition) is 1. The van der Waals surface area contributed by atoms with Crippen molar-refractivity contribution in [1.82, 2.24) is 4.98 Å². The van der Waals surface area contributed by atoms with Gasteiger partial charge in [0.15, 0.2) is 0 Å². The average Bonchev–Trinajstić information content (AvgIpc) is 2.66. The first-order chi connectivity index (χ1) is 13.0. The van der Waals surface area contributed by atoms with E-state index in [0.29, 0.717) is 5.41 Å². The minimum atomic E-state index is 0.218. The number of nitrogens with zero attached hydrogens (tertiary/aromatic N) is 1. The zero-order valence-corrected chi connectivity index (χ0v) is 17.5. The third kappa shape index (κ3) is 3.31. The molecule has 0 unspecified atom stereocenters. The summed E-state index contributed by atoms with van der Waals surface area (Å²) in [4.78, 5) is 4.96. The van der Waals surface area contributed by atoms with Crippen LogP contribution in [0.1, 0.15) is 82.5 Å². The fourth-order valence-corrected chi connectivity index (χ4v) is 5.93. The molecule has 1 spiro atoms. The molecule has 2 aliphatic carbocycles. The third-order valence-corrected chi connectivity index (χ3v) is 7.75. The summed E-state index contributed by atoms with van der Waals surface area (Å²) < 4.78 is 0. The van der Waals surface area contributed by atoms with E-state index in [2.05, 4.69) is 39.0 Å². The van der Waals surface area contributed by atoms with Crippen LogP contribution in [0.3, 0.4) is 0 Å². The van der Waals surface area contributed by atoms with Gasteiger partial charge in [-0.25, -0.2) is 0 Å². The molecule has 0 aliphatic heterocycles. The van der Waals surface area contributed by atoms with Gasteiger partial charge in [-0.05, 0) is 97.9 Å². The Hall–Kier alpha value is -1.41. The molecule has 2 saturated carbocycles. The summed E-state index contributed by atoms with van der Waals surface area (Å²) in [5, 5.41) is 2.79. The summed E-state index contributed by atoms with van der Waals surface area (Å²) in [6.07, 6.45) is 13.5. The molecular formula is C25H36N2. The van der Waals surface area contributed by atoms with E-state index in [9.17, 15) is 0 Å². The molecule has 0 bridgehead atoms. The molecule has 2 N–H and O–H groups in total. The minimum Gasteiger partial charge on any atom is -0.330 e. The van der Waals surface area contributed by atoms with Gasteiger partial charge in [-0.3, -0.25) is 4.98 Å². The molecule has 0 radical (unpaired) electrons. The first kappa shape index (κ1) is 18.9. The molecule has 146 valence electrons. The van der Waals surface area contributed by atoms with E-state index >= 15 is 0 Å². The lowest BCUT2D eigenvalue weighted by Crippen LogP contribution is -2.46. The van der Waals surface area contributed by atoms with Gasteiger partial charge in [0.05, 0.1) is 5.69 Å². The molecule has 0 atom stereocenters. The predicted octanol–water partition coefficient (Wildman–Crippen LogP) is 5.94. The van der Waals surface area contributed by atoms with Crippen LogP contribution in [0.25, 0.3) is 10.8 Å². The number of pyridine rings is 1. The van der Waals surface area contributed by atoms with Crippen LogP contribution in [-0.2, 0) is 18.3 Å². The van der Waals surface area contributed by atoms with Crippen LogP contribution in [-0.4, -0.2) is 11.5 Å². The van der Waals surface area contributed by atoms with Crippen molar-refractivity contribution in [2.24, 2.45) is 17.1 Å². The predicted molar refractivity (Wildman–Crippen MR) is 115 cm³/mol. The molecule has 1 aromatic heterocycles. The Morgan fingerprint density at radius 3 is 2.44 bits per heavy atom. The van der Waals surface area contributed by atoms with Crippen molar-refractivity contribution in [3.63, 3.8) is 0 Å². The van der Waals surface area contributed by atoms with E-state index in [1.807, 2.05) is 6.20 Å². The molecule has 2 nitrogen and oxygen atoms in total. The van der Waals surface area contributed by atoms with Gasteiger partial charge in [0.25, 0.3) is 0 Å². The standard InChI is InChI=1S/C25H36N2/c1-4-6-20-14-22-21(13-19(20)5-2)7-12-27-23(22)24(3)8-10-25(11-9-24)15-18(16-25)17-26/h7,12-14,18H,4-6,8-11,15-17,26H2,1-3H3. The zero-order chi connectivity index (χ0) is 19.1. The molecule has 0 amide bonds. The summed E-state index contributed by atoms with van der Waals surface area (Å²) in [6.45, 7) is 7.90. The lowest BCUT2D eigenvalue weighted by Gasteiger charge is -2.54. The Morgan fingerprint density at radius 2 is 1.81 bits per heavy atom. The zero-order valence-electron chi connectivity index (χ0n) is 17.5. The molecule has 27 heavy (non-hydrogen) atoms. The lowest BCUT2D eigenvalue weighted by molar-refractivity contribution is -0.00127. The molecule has 2 heteroatoms. The van der Waals surface area contributed by atoms with Crippen LogP contribution in [0.5, 0.6) is 0 Å².